The number of benzene rings is 2. The lowest BCUT2D eigenvalue weighted by Gasteiger charge is -2.23. The molecule has 1 atom stereocenters. The van der Waals surface area contributed by atoms with Gasteiger partial charge in [0.15, 0.2) is 6.04 Å². The Hall–Kier alpha value is -3.76. The lowest BCUT2D eigenvalue weighted by molar-refractivity contribution is -0.384. The molecule has 0 unspecified atom stereocenters. The molecule has 1 fully saturated rings. The second kappa shape index (κ2) is 8.77. The first-order valence-corrected chi connectivity index (χ1v) is 10.5. The summed E-state index contributed by atoms with van der Waals surface area (Å²) in [5.41, 5.74) is 0.626. The number of hydrogen-bond acceptors (Lipinski definition) is 7. The van der Waals surface area contributed by atoms with Crippen molar-refractivity contribution in [1.29, 1.82) is 0 Å². The maximum Gasteiger partial charge on any atom is 0.331 e. The van der Waals surface area contributed by atoms with Crippen LogP contribution in [0.4, 0.5) is 5.69 Å². The average Bonchev–Trinajstić information content (AvgIpc) is 3.35. The molecule has 0 radical (unpaired) electrons. The van der Waals surface area contributed by atoms with E-state index in [-0.39, 0.29) is 26.4 Å². The minimum absolute atomic E-state index is 0.105. The first kappa shape index (κ1) is 21.5. The number of carbonyl (C=O) groups excluding carboxylic acids is 1. The quantitative estimate of drug-likeness (QED) is 0.237. The molecule has 0 aliphatic carbocycles. The van der Waals surface area contributed by atoms with Crippen LogP contribution in [0, 0.1) is 10.1 Å². The number of thiocarbonyl (C=S) groups is 1. The van der Waals surface area contributed by atoms with Crippen LogP contribution >= 0.6 is 24.0 Å². The molecule has 1 saturated heterocycles. The number of furan rings is 1. The number of amides is 1. The topological polar surface area (TPSA) is 114 Å². The third-order valence-electron chi connectivity index (χ3n) is 4.70. The smallest absolute Gasteiger partial charge is 0.331 e. The normalized spacial score (nSPS) is 15.9. The highest BCUT2D eigenvalue weighted by molar-refractivity contribution is 8.26. The molecule has 1 N–H and O–H groups in total. The zero-order valence-electron chi connectivity index (χ0n) is 16.2. The highest BCUT2D eigenvalue weighted by Crippen LogP contribution is 2.39. The molecule has 2 aromatic carbocycles. The molecular weight excluding hydrogens is 452 g/mol. The number of hydrogen-bond donors (Lipinski definition) is 1. The number of nitro benzene ring substituents is 1. The summed E-state index contributed by atoms with van der Waals surface area (Å²) in [6.45, 7) is 0. The summed E-state index contributed by atoms with van der Waals surface area (Å²) in [5.74, 6) is -1.21. The number of rotatable bonds is 6. The maximum absolute atomic E-state index is 13.0. The van der Waals surface area contributed by atoms with Gasteiger partial charge < -0.3 is 9.52 Å². The van der Waals surface area contributed by atoms with Gasteiger partial charge in [0, 0.05) is 12.1 Å². The van der Waals surface area contributed by atoms with Crippen molar-refractivity contribution < 1.29 is 24.0 Å². The number of carboxylic acids is 1. The SMILES string of the molecule is O=C(O)[C@@H](c1ccccc1)N1C(=O)/C(=C\c2ccc(-c3ccccc3[N+](=O)[O-])o2)SC1=S. The lowest BCUT2D eigenvalue weighted by Crippen LogP contribution is -2.37. The van der Waals surface area contributed by atoms with E-state index >= 15 is 0 Å². The Balaban J connectivity index is 1.65. The van der Waals surface area contributed by atoms with E-state index in [0.29, 0.717) is 11.1 Å². The summed E-state index contributed by atoms with van der Waals surface area (Å²) in [5, 5.41) is 21.0. The molecule has 1 amide bonds. The van der Waals surface area contributed by atoms with Gasteiger partial charge in [0.05, 0.1) is 15.4 Å². The van der Waals surface area contributed by atoms with Crippen LogP contribution in [0.5, 0.6) is 0 Å². The number of carboxylic acid groups (broad SMARTS) is 1. The molecule has 0 spiro atoms. The molecule has 2 heterocycles. The number of para-hydroxylation sites is 1. The van der Waals surface area contributed by atoms with Crippen LogP contribution in [-0.4, -0.2) is 31.1 Å². The highest BCUT2D eigenvalue weighted by Gasteiger charge is 2.41. The lowest BCUT2D eigenvalue weighted by atomic mass is 10.1. The van der Waals surface area contributed by atoms with E-state index in [0.717, 1.165) is 16.7 Å². The van der Waals surface area contributed by atoms with Crippen molar-refractivity contribution >= 4 is 51.9 Å². The first-order valence-electron chi connectivity index (χ1n) is 9.25. The average molecular weight is 466 g/mol. The van der Waals surface area contributed by atoms with Gasteiger partial charge in [-0.1, -0.05) is 66.4 Å². The standard InChI is InChI=1S/C22H14N2O6S2/c25-20-18(32-22(31)23(20)19(21(26)27)13-6-2-1-3-7-13)12-14-10-11-17(30-14)15-8-4-5-9-16(15)24(28)29/h1-12,19H,(H,26,27)/b18-12+/t19-/m1/s1. The molecule has 1 aromatic heterocycles. The Morgan fingerprint density at radius 2 is 1.81 bits per heavy atom. The van der Waals surface area contributed by atoms with Crippen molar-refractivity contribution in [2.45, 2.75) is 6.04 Å². The molecule has 0 saturated carbocycles. The predicted octanol–water partition coefficient (Wildman–Crippen LogP) is 4.88. The summed E-state index contributed by atoms with van der Waals surface area (Å²) in [6, 6.07) is 16.4. The van der Waals surface area contributed by atoms with Crippen molar-refractivity contribution in [3.05, 3.63) is 93.1 Å². The van der Waals surface area contributed by atoms with Crippen LogP contribution in [-0.2, 0) is 9.59 Å². The Morgan fingerprint density at radius 3 is 2.50 bits per heavy atom. The zero-order chi connectivity index (χ0) is 22.8. The summed E-state index contributed by atoms with van der Waals surface area (Å²) >= 11 is 6.26. The zero-order valence-corrected chi connectivity index (χ0v) is 17.8. The molecule has 8 nitrogen and oxygen atoms in total. The van der Waals surface area contributed by atoms with Crippen molar-refractivity contribution in [3.63, 3.8) is 0 Å². The molecule has 1 aliphatic rings. The number of nitrogens with zero attached hydrogens (tertiary/aromatic N) is 2. The summed E-state index contributed by atoms with van der Waals surface area (Å²) in [4.78, 5) is 37.0. The third-order valence-corrected chi connectivity index (χ3v) is 6.03. The minimum Gasteiger partial charge on any atom is -0.479 e. The van der Waals surface area contributed by atoms with Crippen LogP contribution < -0.4 is 0 Å². The third kappa shape index (κ3) is 4.05. The highest BCUT2D eigenvalue weighted by atomic mass is 32.2. The molecule has 160 valence electrons. The molecule has 32 heavy (non-hydrogen) atoms. The Morgan fingerprint density at radius 1 is 1.12 bits per heavy atom. The number of aliphatic carboxylic acids is 1. The fourth-order valence-electron chi connectivity index (χ4n) is 3.29. The van der Waals surface area contributed by atoms with Gasteiger partial charge >= 0.3 is 5.97 Å². The molecular formula is C22H14N2O6S2. The monoisotopic (exact) mass is 466 g/mol. The van der Waals surface area contributed by atoms with E-state index in [1.54, 1.807) is 60.7 Å². The van der Waals surface area contributed by atoms with Crippen LogP contribution in [0.2, 0.25) is 0 Å². The summed E-state index contributed by atoms with van der Waals surface area (Å²) < 4.78 is 5.82. The Kier molecular flexibility index (Phi) is 5.89. The summed E-state index contributed by atoms with van der Waals surface area (Å²) in [7, 11) is 0. The number of nitro groups is 1. The molecule has 1 aliphatic heterocycles. The van der Waals surface area contributed by atoms with Crippen LogP contribution in [0.25, 0.3) is 17.4 Å². The van der Waals surface area contributed by atoms with Gasteiger partial charge in [-0.3, -0.25) is 19.8 Å². The fraction of sp³-hybridized carbons (Fsp3) is 0.0455. The van der Waals surface area contributed by atoms with E-state index in [9.17, 15) is 24.8 Å². The molecule has 0 bridgehead atoms. The van der Waals surface area contributed by atoms with Gasteiger partial charge in [0.25, 0.3) is 11.6 Å². The van der Waals surface area contributed by atoms with Gasteiger partial charge in [-0.15, -0.1) is 0 Å². The van der Waals surface area contributed by atoms with Gasteiger partial charge in [-0.25, -0.2) is 4.79 Å². The van der Waals surface area contributed by atoms with Crippen molar-refractivity contribution in [2.24, 2.45) is 0 Å². The number of carbonyl (C=O) groups is 2. The van der Waals surface area contributed by atoms with Gasteiger partial charge in [-0.05, 0) is 23.8 Å². The van der Waals surface area contributed by atoms with Crippen LogP contribution in [0.15, 0.2) is 76.1 Å². The molecule has 10 heteroatoms. The van der Waals surface area contributed by atoms with Crippen LogP contribution in [0.1, 0.15) is 17.4 Å². The first-order chi connectivity index (χ1) is 15.4. The fourth-order valence-corrected chi connectivity index (χ4v) is 4.58. The minimum atomic E-state index is -1.26. The van der Waals surface area contributed by atoms with E-state index in [1.807, 2.05) is 0 Å². The van der Waals surface area contributed by atoms with Gasteiger partial charge in [-0.2, -0.15) is 0 Å². The van der Waals surface area contributed by atoms with Gasteiger partial charge in [0.2, 0.25) is 0 Å². The Bertz CT molecular complexity index is 1270. The largest absolute Gasteiger partial charge is 0.479 e. The number of thioether (sulfide) groups is 1. The van der Waals surface area contributed by atoms with Crippen molar-refractivity contribution in [3.8, 4) is 11.3 Å². The molecule has 3 aromatic rings. The van der Waals surface area contributed by atoms with E-state index < -0.39 is 22.8 Å². The second-order valence-corrected chi connectivity index (χ2v) is 8.36. The molecule has 4 rings (SSSR count). The van der Waals surface area contributed by atoms with E-state index in [4.69, 9.17) is 16.6 Å². The van der Waals surface area contributed by atoms with E-state index in [1.165, 1.54) is 12.1 Å². The van der Waals surface area contributed by atoms with Crippen molar-refractivity contribution in [2.75, 3.05) is 0 Å². The van der Waals surface area contributed by atoms with E-state index in [2.05, 4.69) is 0 Å². The van der Waals surface area contributed by atoms with Crippen molar-refractivity contribution in [1.82, 2.24) is 4.90 Å². The summed E-state index contributed by atoms with van der Waals surface area (Å²) in [6.07, 6.45) is 1.45. The second-order valence-electron chi connectivity index (χ2n) is 6.68. The Labute approximate surface area is 191 Å². The van der Waals surface area contributed by atoms with Crippen LogP contribution in [0.3, 0.4) is 0 Å². The van der Waals surface area contributed by atoms with Gasteiger partial charge in [0.1, 0.15) is 15.8 Å². The predicted molar refractivity (Wildman–Crippen MR) is 123 cm³/mol. The maximum atomic E-state index is 13.0.